The molecule has 1 unspecified atom stereocenters. The van der Waals surface area contributed by atoms with Crippen LogP contribution < -0.4 is 0 Å². The second kappa shape index (κ2) is 7.07. The van der Waals surface area contributed by atoms with E-state index in [0.717, 1.165) is 50.2 Å². The van der Waals surface area contributed by atoms with Crippen molar-refractivity contribution >= 4 is 5.91 Å². The van der Waals surface area contributed by atoms with E-state index in [0.29, 0.717) is 5.56 Å². The molecule has 0 aliphatic carbocycles. The molecule has 0 spiro atoms. The van der Waals surface area contributed by atoms with E-state index < -0.39 is 0 Å². The van der Waals surface area contributed by atoms with Crippen molar-refractivity contribution in [1.82, 2.24) is 14.5 Å². The van der Waals surface area contributed by atoms with Gasteiger partial charge in [-0.1, -0.05) is 6.07 Å². The van der Waals surface area contributed by atoms with Crippen molar-refractivity contribution < 1.29 is 9.90 Å². The smallest absolute Gasteiger partial charge is 0.257 e. The first-order chi connectivity index (χ1) is 11.6. The summed E-state index contributed by atoms with van der Waals surface area (Å²) in [6.07, 6.45) is 7.90. The zero-order valence-corrected chi connectivity index (χ0v) is 14.4. The number of piperidine rings is 1. The van der Waals surface area contributed by atoms with Crippen LogP contribution in [0.4, 0.5) is 0 Å². The van der Waals surface area contributed by atoms with Gasteiger partial charge in [0.2, 0.25) is 0 Å². The third-order valence-electron chi connectivity index (χ3n) is 4.90. The van der Waals surface area contributed by atoms with Crippen LogP contribution in [0.1, 0.15) is 47.4 Å². The molecule has 1 N–H and O–H groups in total. The highest BCUT2D eigenvalue weighted by Crippen LogP contribution is 2.26. The van der Waals surface area contributed by atoms with Gasteiger partial charge < -0.3 is 14.6 Å². The highest BCUT2D eigenvalue weighted by molar-refractivity contribution is 5.97. The summed E-state index contributed by atoms with van der Waals surface area (Å²) in [6.45, 7) is 5.53. The lowest BCUT2D eigenvalue weighted by molar-refractivity contribution is 0.0592. The fraction of sp³-hybridized carbons (Fsp3) is 0.474. The van der Waals surface area contributed by atoms with E-state index >= 15 is 0 Å². The average Bonchev–Trinajstić information content (AvgIpc) is 2.98. The molecule has 128 valence electrons. The predicted octanol–water partition coefficient (Wildman–Crippen LogP) is 3.29. The van der Waals surface area contributed by atoms with Crippen molar-refractivity contribution in [3.63, 3.8) is 0 Å². The maximum absolute atomic E-state index is 12.9. The fourth-order valence-electron chi connectivity index (χ4n) is 3.47. The number of aromatic nitrogens is 2. The third kappa shape index (κ3) is 3.45. The number of phenols is 1. The van der Waals surface area contributed by atoms with Crippen LogP contribution in [-0.4, -0.2) is 38.1 Å². The molecule has 2 heterocycles. The first kappa shape index (κ1) is 16.6. The molecule has 0 saturated carbocycles. The standard InChI is InChI=1S/C19H25N3O2/c1-14-6-7-17(18(23)13-14)19(24)22-10-4-3-5-16(22)8-11-21-12-9-20-15(21)2/h6-7,9,12-13,16,23H,3-5,8,10-11H2,1-2H3. The second-order valence-electron chi connectivity index (χ2n) is 6.63. The number of phenolic OH excluding ortho intramolecular Hbond substituents is 1. The molecule has 1 atom stereocenters. The summed E-state index contributed by atoms with van der Waals surface area (Å²) in [6, 6.07) is 5.48. The van der Waals surface area contributed by atoms with Gasteiger partial charge in [-0.2, -0.15) is 0 Å². The molecule has 1 aliphatic rings. The molecule has 1 saturated heterocycles. The van der Waals surface area contributed by atoms with Crippen LogP contribution in [0.3, 0.4) is 0 Å². The molecule has 1 aromatic carbocycles. The summed E-state index contributed by atoms with van der Waals surface area (Å²) < 4.78 is 2.13. The van der Waals surface area contributed by atoms with Gasteiger partial charge in [-0.15, -0.1) is 0 Å². The summed E-state index contributed by atoms with van der Waals surface area (Å²) in [7, 11) is 0. The van der Waals surface area contributed by atoms with Gasteiger partial charge in [0, 0.05) is 31.5 Å². The topological polar surface area (TPSA) is 58.4 Å². The Balaban J connectivity index is 1.74. The Hall–Kier alpha value is -2.30. The highest BCUT2D eigenvalue weighted by Gasteiger charge is 2.28. The second-order valence-corrected chi connectivity index (χ2v) is 6.63. The monoisotopic (exact) mass is 327 g/mol. The van der Waals surface area contributed by atoms with E-state index in [1.807, 2.05) is 37.2 Å². The largest absolute Gasteiger partial charge is 0.507 e. The summed E-state index contributed by atoms with van der Waals surface area (Å²) >= 11 is 0. The Bertz CT molecular complexity index is 723. The minimum atomic E-state index is -0.0560. The number of aryl methyl sites for hydroxylation is 3. The minimum absolute atomic E-state index is 0.0560. The van der Waals surface area contributed by atoms with Crippen molar-refractivity contribution in [3.05, 3.63) is 47.5 Å². The number of imidazole rings is 1. The Labute approximate surface area is 142 Å². The van der Waals surface area contributed by atoms with Crippen molar-refractivity contribution in [2.75, 3.05) is 6.54 Å². The van der Waals surface area contributed by atoms with Crippen LogP contribution in [0.2, 0.25) is 0 Å². The average molecular weight is 327 g/mol. The van der Waals surface area contributed by atoms with Gasteiger partial charge in [0.25, 0.3) is 5.91 Å². The number of carbonyl (C=O) groups excluding carboxylic acids is 1. The van der Waals surface area contributed by atoms with Gasteiger partial charge in [-0.05, 0) is 57.2 Å². The quantitative estimate of drug-likeness (QED) is 0.937. The summed E-state index contributed by atoms with van der Waals surface area (Å²) in [5.41, 5.74) is 1.36. The first-order valence-corrected chi connectivity index (χ1v) is 8.64. The SMILES string of the molecule is Cc1ccc(C(=O)N2CCCCC2CCn2ccnc2C)c(O)c1. The lowest BCUT2D eigenvalue weighted by Gasteiger charge is -2.36. The first-order valence-electron chi connectivity index (χ1n) is 8.64. The minimum Gasteiger partial charge on any atom is -0.507 e. The van der Waals surface area contributed by atoms with Gasteiger partial charge in [0.15, 0.2) is 0 Å². The molecule has 1 fully saturated rings. The van der Waals surface area contributed by atoms with Gasteiger partial charge in [-0.25, -0.2) is 4.98 Å². The molecule has 1 amide bonds. The van der Waals surface area contributed by atoms with Gasteiger partial charge in [0.1, 0.15) is 11.6 Å². The van der Waals surface area contributed by atoms with Crippen LogP contribution in [0.15, 0.2) is 30.6 Å². The summed E-state index contributed by atoms with van der Waals surface area (Å²) in [4.78, 5) is 19.1. The molecule has 5 nitrogen and oxygen atoms in total. The van der Waals surface area contributed by atoms with Crippen molar-refractivity contribution in [1.29, 1.82) is 0 Å². The molecule has 5 heteroatoms. The van der Waals surface area contributed by atoms with Crippen LogP contribution in [0, 0.1) is 13.8 Å². The van der Waals surface area contributed by atoms with Crippen LogP contribution in [0.5, 0.6) is 5.75 Å². The van der Waals surface area contributed by atoms with E-state index in [-0.39, 0.29) is 17.7 Å². The normalized spacial score (nSPS) is 17.9. The lowest BCUT2D eigenvalue weighted by atomic mass is 9.97. The molecular formula is C19H25N3O2. The lowest BCUT2D eigenvalue weighted by Crippen LogP contribution is -2.44. The summed E-state index contributed by atoms with van der Waals surface area (Å²) in [5, 5.41) is 10.1. The number of nitrogens with zero attached hydrogens (tertiary/aromatic N) is 3. The predicted molar refractivity (Wildman–Crippen MR) is 93.1 cm³/mol. The summed E-state index contributed by atoms with van der Waals surface area (Å²) in [5.74, 6) is 1.02. The number of hydrogen-bond donors (Lipinski definition) is 1. The molecule has 1 aliphatic heterocycles. The maximum atomic E-state index is 12.9. The molecule has 2 aromatic rings. The molecule has 1 aromatic heterocycles. The number of rotatable bonds is 4. The zero-order valence-electron chi connectivity index (χ0n) is 14.4. The molecule has 24 heavy (non-hydrogen) atoms. The number of amides is 1. The molecule has 0 bridgehead atoms. The van der Waals surface area contributed by atoms with Crippen LogP contribution in [-0.2, 0) is 6.54 Å². The third-order valence-corrected chi connectivity index (χ3v) is 4.90. The maximum Gasteiger partial charge on any atom is 0.257 e. The number of likely N-dealkylation sites (tertiary alicyclic amines) is 1. The van der Waals surface area contributed by atoms with Gasteiger partial charge in [0.05, 0.1) is 5.56 Å². The number of carbonyl (C=O) groups is 1. The highest BCUT2D eigenvalue weighted by atomic mass is 16.3. The van der Waals surface area contributed by atoms with Crippen molar-refractivity contribution in [2.45, 2.75) is 52.1 Å². The van der Waals surface area contributed by atoms with E-state index in [4.69, 9.17) is 0 Å². The van der Waals surface area contributed by atoms with E-state index in [2.05, 4.69) is 9.55 Å². The fourth-order valence-corrected chi connectivity index (χ4v) is 3.47. The van der Waals surface area contributed by atoms with Crippen molar-refractivity contribution in [3.8, 4) is 5.75 Å². The van der Waals surface area contributed by atoms with Crippen LogP contribution >= 0.6 is 0 Å². The van der Waals surface area contributed by atoms with E-state index in [1.54, 1.807) is 12.1 Å². The van der Waals surface area contributed by atoms with Gasteiger partial charge in [-0.3, -0.25) is 4.79 Å². The Morgan fingerprint density at radius 2 is 2.17 bits per heavy atom. The Morgan fingerprint density at radius 1 is 1.33 bits per heavy atom. The molecule has 3 rings (SSSR count). The van der Waals surface area contributed by atoms with Crippen LogP contribution in [0.25, 0.3) is 0 Å². The van der Waals surface area contributed by atoms with E-state index in [1.165, 1.54) is 0 Å². The number of hydrogen-bond acceptors (Lipinski definition) is 3. The number of benzene rings is 1. The van der Waals surface area contributed by atoms with Crippen molar-refractivity contribution in [2.24, 2.45) is 0 Å². The number of aromatic hydroxyl groups is 1. The van der Waals surface area contributed by atoms with E-state index in [9.17, 15) is 9.90 Å². The molecular weight excluding hydrogens is 302 g/mol. The Kier molecular flexibility index (Phi) is 4.88. The van der Waals surface area contributed by atoms with Gasteiger partial charge >= 0.3 is 0 Å². The Morgan fingerprint density at radius 3 is 2.88 bits per heavy atom. The molecule has 0 radical (unpaired) electrons. The zero-order chi connectivity index (χ0) is 17.1.